The molecule has 0 bridgehead atoms. The van der Waals surface area contributed by atoms with E-state index in [1.807, 2.05) is 24.3 Å². The average Bonchev–Trinajstić information content (AvgIpc) is 2.26. The molecule has 2 heteroatoms. The van der Waals surface area contributed by atoms with Gasteiger partial charge in [0.25, 0.3) is 0 Å². The zero-order chi connectivity index (χ0) is 10.4. The van der Waals surface area contributed by atoms with E-state index in [0.29, 0.717) is 5.92 Å². The zero-order valence-electron chi connectivity index (χ0n) is 8.53. The van der Waals surface area contributed by atoms with Crippen LogP contribution in [0.5, 0.6) is 0 Å². The van der Waals surface area contributed by atoms with Gasteiger partial charge in [-0.3, -0.25) is 0 Å². The van der Waals surface area contributed by atoms with Gasteiger partial charge >= 0.3 is 0 Å². The second-order valence-corrected chi connectivity index (χ2v) is 3.42. The molecule has 1 aromatic carbocycles. The van der Waals surface area contributed by atoms with Crippen LogP contribution in [0.25, 0.3) is 0 Å². The van der Waals surface area contributed by atoms with E-state index in [1.165, 1.54) is 5.56 Å². The molecule has 0 amide bonds. The van der Waals surface area contributed by atoms with E-state index in [4.69, 9.17) is 11.0 Å². The SMILES string of the molecule is CCC(CCN)c1ccc(C#N)cc1. The van der Waals surface area contributed by atoms with Crippen LogP contribution in [0.2, 0.25) is 0 Å². The summed E-state index contributed by atoms with van der Waals surface area (Å²) in [5.41, 5.74) is 7.55. The summed E-state index contributed by atoms with van der Waals surface area (Å²) in [6.07, 6.45) is 2.12. The first kappa shape index (κ1) is 10.7. The number of hydrogen-bond donors (Lipinski definition) is 1. The fraction of sp³-hybridized carbons (Fsp3) is 0.417. The molecule has 0 aliphatic heterocycles. The van der Waals surface area contributed by atoms with Crippen molar-refractivity contribution in [2.24, 2.45) is 5.73 Å². The van der Waals surface area contributed by atoms with Gasteiger partial charge in [-0.25, -0.2) is 0 Å². The molecule has 1 rings (SSSR count). The first-order valence-corrected chi connectivity index (χ1v) is 5.02. The maximum absolute atomic E-state index is 8.66. The zero-order valence-corrected chi connectivity index (χ0v) is 8.53. The predicted molar refractivity (Wildman–Crippen MR) is 57.9 cm³/mol. The average molecular weight is 188 g/mol. The van der Waals surface area contributed by atoms with Crippen molar-refractivity contribution in [2.75, 3.05) is 6.54 Å². The molecule has 1 atom stereocenters. The molecule has 14 heavy (non-hydrogen) atoms. The normalized spacial score (nSPS) is 12.1. The van der Waals surface area contributed by atoms with E-state index in [2.05, 4.69) is 13.0 Å². The third kappa shape index (κ3) is 2.58. The van der Waals surface area contributed by atoms with E-state index in [1.54, 1.807) is 0 Å². The summed E-state index contributed by atoms with van der Waals surface area (Å²) >= 11 is 0. The van der Waals surface area contributed by atoms with E-state index in [-0.39, 0.29) is 0 Å². The van der Waals surface area contributed by atoms with Gasteiger partial charge in [0.05, 0.1) is 11.6 Å². The summed E-state index contributed by atoms with van der Waals surface area (Å²) in [7, 11) is 0. The van der Waals surface area contributed by atoms with Crippen molar-refractivity contribution >= 4 is 0 Å². The molecule has 2 N–H and O–H groups in total. The van der Waals surface area contributed by atoms with Gasteiger partial charge in [-0.2, -0.15) is 5.26 Å². The molecule has 1 aromatic rings. The lowest BCUT2D eigenvalue weighted by Gasteiger charge is -2.13. The monoisotopic (exact) mass is 188 g/mol. The third-order valence-corrected chi connectivity index (χ3v) is 2.52. The van der Waals surface area contributed by atoms with Gasteiger partial charge in [0.2, 0.25) is 0 Å². The predicted octanol–water partition coefficient (Wildman–Crippen LogP) is 2.40. The maximum Gasteiger partial charge on any atom is 0.0991 e. The Bertz CT molecular complexity index is 308. The van der Waals surface area contributed by atoms with E-state index < -0.39 is 0 Å². The standard InChI is InChI=1S/C12H16N2/c1-2-11(7-8-13)12-5-3-10(9-14)4-6-12/h3-6,11H,2,7-8,13H2,1H3. The molecule has 0 radical (unpaired) electrons. The second kappa shape index (κ2) is 5.41. The van der Waals surface area contributed by atoms with Crippen LogP contribution in [0.4, 0.5) is 0 Å². The molecule has 0 aliphatic rings. The molecular formula is C12H16N2. The van der Waals surface area contributed by atoms with Crippen molar-refractivity contribution < 1.29 is 0 Å². The van der Waals surface area contributed by atoms with Crippen molar-refractivity contribution in [1.82, 2.24) is 0 Å². The highest BCUT2D eigenvalue weighted by molar-refractivity contribution is 5.33. The molecule has 0 fully saturated rings. The third-order valence-electron chi connectivity index (χ3n) is 2.52. The van der Waals surface area contributed by atoms with Gasteiger partial charge < -0.3 is 5.73 Å². The van der Waals surface area contributed by atoms with Crippen LogP contribution in [0.3, 0.4) is 0 Å². The molecule has 0 spiro atoms. The minimum absolute atomic E-state index is 0.535. The Balaban J connectivity index is 2.79. The lowest BCUT2D eigenvalue weighted by atomic mass is 9.93. The Kier molecular flexibility index (Phi) is 4.15. The van der Waals surface area contributed by atoms with Crippen LogP contribution in [0.1, 0.15) is 36.8 Å². The van der Waals surface area contributed by atoms with E-state index in [9.17, 15) is 0 Å². The molecule has 1 unspecified atom stereocenters. The maximum atomic E-state index is 8.66. The molecule has 0 aromatic heterocycles. The Morgan fingerprint density at radius 1 is 1.36 bits per heavy atom. The van der Waals surface area contributed by atoms with Crippen molar-refractivity contribution in [2.45, 2.75) is 25.7 Å². The fourth-order valence-electron chi connectivity index (χ4n) is 1.64. The summed E-state index contributed by atoms with van der Waals surface area (Å²) in [5, 5.41) is 8.66. The van der Waals surface area contributed by atoms with Crippen LogP contribution in [0, 0.1) is 11.3 Å². The number of nitrogens with two attached hydrogens (primary N) is 1. The van der Waals surface area contributed by atoms with Crippen LogP contribution in [-0.2, 0) is 0 Å². The summed E-state index contributed by atoms with van der Waals surface area (Å²) < 4.78 is 0. The number of hydrogen-bond acceptors (Lipinski definition) is 2. The van der Waals surface area contributed by atoms with E-state index in [0.717, 1.165) is 24.9 Å². The van der Waals surface area contributed by atoms with Gasteiger partial charge in [-0.05, 0) is 43.0 Å². The number of nitrogens with zero attached hydrogens (tertiary/aromatic N) is 1. The highest BCUT2D eigenvalue weighted by atomic mass is 14.5. The van der Waals surface area contributed by atoms with Crippen molar-refractivity contribution in [3.63, 3.8) is 0 Å². The van der Waals surface area contributed by atoms with Gasteiger partial charge in [0.15, 0.2) is 0 Å². The first-order chi connectivity index (χ1) is 6.81. The van der Waals surface area contributed by atoms with Gasteiger partial charge in [-0.15, -0.1) is 0 Å². The molecule has 0 heterocycles. The lowest BCUT2D eigenvalue weighted by Crippen LogP contribution is -2.06. The first-order valence-electron chi connectivity index (χ1n) is 5.02. The smallest absolute Gasteiger partial charge is 0.0991 e. The number of nitriles is 1. The van der Waals surface area contributed by atoms with Gasteiger partial charge in [0.1, 0.15) is 0 Å². The molecular weight excluding hydrogens is 172 g/mol. The second-order valence-electron chi connectivity index (χ2n) is 3.42. The summed E-state index contributed by atoms with van der Waals surface area (Å²) in [6, 6.07) is 9.92. The van der Waals surface area contributed by atoms with Crippen LogP contribution < -0.4 is 5.73 Å². The molecule has 0 saturated carbocycles. The Hall–Kier alpha value is -1.33. The van der Waals surface area contributed by atoms with Crippen molar-refractivity contribution in [1.29, 1.82) is 5.26 Å². The fourth-order valence-corrected chi connectivity index (χ4v) is 1.64. The molecule has 74 valence electrons. The Morgan fingerprint density at radius 2 is 2.00 bits per heavy atom. The Labute approximate surface area is 85.4 Å². The largest absolute Gasteiger partial charge is 0.330 e. The number of rotatable bonds is 4. The summed E-state index contributed by atoms with van der Waals surface area (Å²) in [4.78, 5) is 0. The minimum Gasteiger partial charge on any atom is -0.330 e. The van der Waals surface area contributed by atoms with Crippen LogP contribution in [0.15, 0.2) is 24.3 Å². The van der Waals surface area contributed by atoms with Crippen molar-refractivity contribution in [3.05, 3.63) is 35.4 Å². The lowest BCUT2D eigenvalue weighted by molar-refractivity contribution is 0.614. The van der Waals surface area contributed by atoms with Crippen LogP contribution in [-0.4, -0.2) is 6.54 Å². The quantitative estimate of drug-likeness (QED) is 0.788. The van der Waals surface area contributed by atoms with E-state index >= 15 is 0 Å². The highest BCUT2D eigenvalue weighted by Gasteiger charge is 2.07. The minimum atomic E-state index is 0.535. The van der Waals surface area contributed by atoms with Gasteiger partial charge in [-0.1, -0.05) is 19.1 Å². The highest BCUT2D eigenvalue weighted by Crippen LogP contribution is 2.22. The topological polar surface area (TPSA) is 49.8 Å². The summed E-state index contributed by atoms with van der Waals surface area (Å²) in [5.74, 6) is 0.535. The number of benzene rings is 1. The molecule has 2 nitrogen and oxygen atoms in total. The Morgan fingerprint density at radius 3 is 2.43 bits per heavy atom. The van der Waals surface area contributed by atoms with Crippen LogP contribution >= 0.6 is 0 Å². The molecule has 0 aliphatic carbocycles. The summed E-state index contributed by atoms with van der Waals surface area (Å²) in [6.45, 7) is 2.89. The van der Waals surface area contributed by atoms with Crippen molar-refractivity contribution in [3.8, 4) is 6.07 Å². The van der Waals surface area contributed by atoms with Gasteiger partial charge in [0, 0.05) is 0 Å². The molecule has 0 saturated heterocycles.